The molecule has 0 bridgehead atoms. The molecular formula is C19H21N3OS. The van der Waals surface area contributed by atoms with E-state index in [1.54, 1.807) is 16.7 Å². The minimum Gasteiger partial charge on any atom is -0.333 e. The third kappa shape index (κ3) is 3.97. The zero-order valence-corrected chi connectivity index (χ0v) is 14.7. The minimum absolute atomic E-state index is 0.150. The highest BCUT2D eigenvalue weighted by molar-refractivity contribution is 8.15. The molecule has 0 saturated carbocycles. The Balaban J connectivity index is 1.78. The highest BCUT2D eigenvalue weighted by Crippen LogP contribution is 2.27. The molecule has 0 radical (unpaired) electrons. The number of hydrogen-bond acceptors (Lipinski definition) is 3. The van der Waals surface area contributed by atoms with E-state index in [-0.39, 0.29) is 6.03 Å². The van der Waals surface area contributed by atoms with E-state index in [0.29, 0.717) is 11.8 Å². The molecule has 1 aliphatic rings. The first-order valence-corrected chi connectivity index (χ1v) is 8.91. The van der Waals surface area contributed by atoms with Crippen molar-refractivity contribution >= 4 is 28.6 Å². The third-order valence-corrected chi connectivity index (χ3v) is 4.84. The number of aliphatic imine (C=N–C) groups is 1. The molecule has 0 saturated heterocycles. The Hall–Kier alpha value is -2.27. The quantitative estimate of drug-likeness (QED) is 0.911. The fourth-order valence-corrected chi connectivity index (χ4v) is 3.40. The van der Waals surface area contributed by atoms with E-state index < -0.39 is 0 Å². The number of anilines is 1. The molecule has 0 aliphatic carbocycles. The van der Waals surface area contributed by atoms with Crippen LogP contribution in [0.5, 0.6) is 0 Å². The molecule has 124 valence electrons. The maximum absolute atomic E-state index is 12.8. The van der Waals surface area contributed by atoms with Crippen molar-refractivity contribution in [2.45, 2.75) is 25.6 Å². The van der Waals surface area contributed by atoms with Crippen molar-refractivity contribution in [3.8, 4) is 0 Å². The molecule has 2 amide bonds. The van der Waals surface area contributed by atoms with Gasteiger partial charge in [0, 0.05) is 11.8 Å². The lowest BCUT2D eigenvalue weighted by Gasteiger charge is -2.23. The van der Waals surface area contributed by atoms with Crippen LogP contribution in [-0.2, 0) is 6.54 Å². The van der Waals surface area contributed by atoms with E-state index in [0.717, 1.165) is 28.5 Å². The second kappa shape index (κ2) is 7.53. The molecule has 5 heteroatoms. The molecule has 1 aliphatic heterocycles. The minimum atomic E-state index is -0.150. The van der Waals surface area contributed by atoms with E-state index in [9.17, 15) is 4.79 Å². The summed E-state index contributed by atoms with van der Waals surface area (Å²) in [5, 5.41) is 4.16. The standard InChI is InChI=1S/C19H21N3OS/c1-14-8-10-17(11-9-14)22(19-21-12-15(2)24-19)18(23)20-13-16-6-4-3-5-7-16/h3-11,15H,12-13H2,1-2H3,(H,20,23)/t15-/m1/s1. The zero-order valence-electron chi connectivity index (χ0n) is 13.9. The van der Waals surface area contributed by atoms with Crippen LogP contribution in [0.1, 0.15) is 18.1 Å². The summed E-state index contributed by atoms with van der Waals surface area (Å²) in [7, 11) is 0. The van der Waals surface area contributed by atoms with Crippen LogP contribution < -0.4 is 10.2 Å². The monoisotopic (exact) mass is 339 g/mol. The lowest BCUT2D eigenvalue weighted by Crippen LogP contribution is -2.42. The Labute approximate surface area is 147 Å². The summed E-state index contributed by atoms with van der Waals surface area (Å²) < 4.78 is 0. The number of nitrogens with one attached hydrogen (secondary N) is 1. The van der Waals surface area contributed by atoms with Gasteiger partial charge in [-0.2, -0.15) is 0 Å². The number of thioether (sulfide) groups is 1. The molecule has 0 aromatic heterocycles. The number of aryl methyl sites for hydroxylation is 1. The number of amides is 2. The topological polar surface area (TPSA) is 44.7 Å². The fraction of sp³-hybridized carbons (Fsp3) is 0.263. The summed E-state index contributed by atoms with van der Waals surface area (Å²) in [6.45, 7) is 5.40. The van der Waals surface area contributed by atoms with Gasteiger partial charge in [0.15, 0.2) is 5.17 Å². The van der Waals surface area contributed by atoms with Gasteiger partial charge in [0.25, 0.3) is 0 Å². The largest absolute Gasteiger partial charge is 0.333 e. The fourth-order valence-electron chi connectivity index (χ4n) is 2.45. The van der Waals surface area contributed by atoms with Gasteiger partial charge in [-0.15, -0.1) is 0 Å². The lowest BCUT2D eigenvalue weighted by molar-refractivity contribution is 0.249. The summed E-state index contributed by atoms with van der Waals surface area (Å²) in [4.78, 5) is 19.0. The summed E-state index contributed by atoms with van der Waals surface area (Å²) in [6, 6.07) is 17.7. The molecule has 4 nitrogen and oxygen atoms in total. The van der Waals surface area contributed by atoms with Crippen molar-refractivity contribution in [1.82, 2.24) is 5.32 Å². The lowest BCUT2D eigenvalue weighted by atomic mass is 10.2. The third-order valence-electron chi connectivity index (χ3n) is 3.76. The number of amidine groups is 1. The number of benzene rings is 2. The Morgan fingerprint density at radius 3 is 2.54 bits per heavy atom. The van der Waals surface area contributed by atoms with Gasteiger partial charge in [-0.05, 0) is 24.6 Å². The van der Waals surface area contributed by atoms with Gasteiger partial charge in [0.2, 0.25) is 0 Å². The Kier molecular flexibility index (Phi) is 5.20. The van der Waals surface area contributed by atoms with E-state index >= 15 is 0 Å². The Morgan fingerprint density at radius 2 is 1.92 bits per heavy atom. The number of nitrogens with zero attached hydrogens (tertiary/aromatic N) is 2. The molecule has 0 unspecified atom stereocenters. The normalized spacial score (nSPS) is 16.6. The molecule has 0 spiro atoms. The molecule has 2 aromatic rings. The Bertz CT molecular complexity index is 728. The van der Waals surface area contributed by atoms with E-state index in [2.05, 4.69) is 17.2 Å². The number of rotatable bonds is 3. The van der Waals surface area contributed by atoms with Crippen LogP contribution in [-0.4, -0.2) is 23.0 Å². The van der Waals surface area contributed by atoms with Gasteiger partial charge in [-0.25, -0.2) is 9.69 Å². The maximum Gasteiger partial charge on any atom is 0.328 e. The van der Waals surface area contributed by atoms with Crippen molar-refractivity contribution in [2.24, 2.45) is 4.99 Å². The van der Waals surface area contributed by atoms with E-state index in [1.165, 1.54) is 0 Å². The maximum atomic E-state index is 12.8. The van der Waals surface area contributed by atoms with E-state index in [1.807, 2.05) is 61.5 Å². The number of carbonyl (C=O) groups is 1. The first-order valence-electron chi connectivity index (χ1n) is 8.03. The highest BCUT2D eigenvalue weighted by atomic mass is 32.2. The predicted molar refractivity (Wildman–Crippen MR) is 102 cm³/mol. The summed E-state index contributed by atoms with van der Waals surface area (Å²) in [6.07, 6.45) is 0. The summed E-state index contributed by atoms with van der Waals surface area (Å²) >= 11 is 1.64. The number of carbonyl (C=O) groups excluding carboxylic acids is 1. The predicted octanol–water partition coefficient (Wildman–Crippen LogP) is 4.20. The first-order chi connectivity index (χ1) is 11.6. The zero-order chi connectivity index (χ0) is 16.9. The van der Waals surface area contributed by atoms with Crippen molar-refractivity contribution in [1.29, 1.82) is 0 Å². The molecule has 1 atom stereocenters. The smallest absolute Gasteiger partial charge is 0.328 e. The molecule has 2 aromatic carbocycles. The van der Waals surface area contributed by atoms with Crippen LogP contribution in [0.15, 0.2) is 59.6 Å². The highest BCUT2D eigenvalue weighted by Gasteiger charge is 2.27. The molecule has 1 N–H and O–H groups in total. The second-order valence-corrected chi connectivity index (χ2v) is 7.27. The van der Waals surface area contributed by atoms with Crippen LogP contribution in [0.4, 0.5) is 10.5 Å². The molecule has 24 heavy (non-hydrogen) atoms. The first kappa shape index (κ1) is 16.6. The number of urea groups is 1. The molecular weight excluding hydrogens is 318 g/mol. The molecule has 1 heterocycles. The second-order valence-electron chi connectivity index (χ2n) is 5.87. The van der Waals surface area contributed by atoms with Gasteiger partial charge >= 0.3 is 6.03 Å². The SMILES string of the molecule is Cc1ccc(N(C(=O)NCc2ccccc2)C2=NC[C@@H](C)S2)cc1. The number of hydrogen-bond donors (Lipinski definition) is 1. The van der Waals surface area contributed by atoms with Crippen LogP contribution in [0.3, 0.4) is 0 Å². The van der Waals surface area contributed by atoms with Crippen molar-refractivity contribution in [3.63, 3.8) is 0 Å². The van der Waals surface area contributed by atoms with Crippen LogP contribution in [0.25, 0.3) is 0 Å². The molecule has 3 rings (SSSR count). The summed E-state index contributed by atoms with van der Waals surface area (Å²) in [5.74, 6) is 0. The van der Waals surface area contributed by atoms with Gasteiger partial charge in [0.1, 0.15) is 0 Å². The summed E-state index contributed by atoms with van der Waals surface area (Å²) in [5.41, 5.74) is 3.08. The van der Waals surface area contributed by atoms with Gasteiger partial charge in [-0.1, -0.05) is 66.7 Å². The average molecular weight is 339 g/mol. The van der Waals surface area contributed by atoms with E-state index in [4.69, 9.17) is 0 Å². The van der Waals surface area contributed by atoms with Gasteiger partial charge < -0.3 is 5.32 Å². The van der Waals surface area contributed by atoms with Crippen LogP contribution in [0.2, 0.25) is 0 Å². The van der Waals surface area contributed by atoms with Crippen molar-refractivity contribution in [2.75, 3.05) is 11.4 Å². The van der Waals surface area contributed by atoms with Gasteiger partial charge in [-0.3, -0.25) is 4.99 Å². The average Bonchev–Trinajstić information content (AvgIpc) is 3.02. The Morgan fingerprint density at radius 1 is 1.21 bits per heavy atom. The van der Waals surface area contributed by atoms with Gasteiger partial charge in [0.05, 0.1) is 12.2 Å². The van der Waals surface area contributed by atoms with Crippen molar-refractivity contribution in [3.05, 3.63) is 65.7 Å². The molecule has 0 fully saturated rings. The van der Waals surface area contributed by atoms with Crippen molar-refractivity contribution < 1.29 is 4.79 Å². The van der Waals surface area contributed by atoms with Crippen LogP contribution in [0, 0.1) is 6.92 Å². The van der Waals surface area contributed by atoms with Crippen LogP contribution >= 0.6 is 11.8 Å².